The summed E-state index contributed by atoms with van der Waals surface area (Å²) in [4.78, 5) is 25.3. The number of para-hydroxylation sites is 1. The molecule has 3 aliphatic rings. The number of hydrogen-bond donors (Lipinski definition) is 1. The Morgan fingerprint density at radius 3 is 2.66 bits per heavy atom. The van der Waals surface area contributed by atoms with Gasteiger partial charge in [-0.3, -0.25) is 9.69 Å². The van der Waals surface area contributed by atoms with Crippen LogP contribution in [0.2, 0.25) is 0 Å². The standard InChI is InChI=1S/C23H31N5O/c1-2-26-11-13-27(14-12-26)18-9-10-28(16-18)22-15-20(23(29)24-17-7-8-17)19-5-3-4-6-21(19)25-22/h3-6,15,17-18H,2,7-14,16H2,1H3,(H,24,29). The number of hydrogen-bond acceptors (Lipinski definition) is 5. The van der Waals surface area contributed by atoms with Crippen molar-refractivity contribution in [1.29, 1.82) is 0 Å². The molecule has 0 spiro atoms. The molecule has 29 heavy (non-hydrogen) atoms. The average molecular weight is 394 g/mol. The Morgan fingerprint density at radius 1 is 1.10 bits per heavy atom. The molecule has 154 valence electrons. The van der Waals surface area contributed by atoms with Crippen molar-refractivity contribution in [3.63, 3.8) is 0 Å². The lowest BCUT2D eigenvalue weighted by molar-refractivity contribution is 0.0952. The summed E-state index contributed by atoms with van der Waals surface area (Å²) in [5, 5.41) is 4.10. The van der Waals surface area contributed by atoms with Crippen molar-refractivity contribution in [2.24, 2.45) is 0 Å². The van der Waals surface area contributed by atoms with Gasteiger partial charge in [0.05, 0.1) is 11.1 Å². The number of nitrogens with zero attached hydrogens (tertiary/aromatic N) is 4. The molecule has 1 amide bonds. The third kappa shape index (κ3) is 3.96. The van der Waals surface area contributed by atoms with E-state index in [1.165, 1.54) is 19.5 Å². The second kappa shape index (κ2) is 7.92. The largest absolute Gasteiger partial charge is 0.355 e. The Kier molecular flexibility index (Phi) is 5.14. The molecular formula is C23H31N5O. The molecule has 2 aromatic rings. The average Bonchev–Trinajstić information content (AvgIpc) is 3.44. The summed E-state index contributed by atoms with van der Waals surface area (Å²) in [6, 6.07) is 11.0. The molecule has 0 radical (unpaired) electrons. The predicted octanol–water partition coefficient (Wildman–Crippen LogP) is 2.34. The number of fused-ring (bicyclic) bond motifs is 1. The van der Waals surface area contributed by atoms with Gasteiger partial charge in [-0.1, -0.05) is 25.1 Å². The van der Waals surface area contributed by atoms with Gasteiger partial charge in [0.25, 0.3) is 5.91 Å². The summed E-state index contributed by atoms with van der Waals surface area (Å²) in [5.74, 6) is 0.984. The summed E-state index contributed by atoms with van der Waals surface area (Å²) in [5.41, 5.74) is 1.67. The van der Waals surface area contributed by atoms with E-state index in [0.29, 0.717) is 12.1 Å². The predicted molar refractivity (Wildman–Crippen MR) is 117 cm³/mol. The van der Waals surface area contributed by atoms with Gasteiger partial charge in [0, 0.05) is 56.7 Å². The van der Waals surface area contributed by atoms with Crippen molar-refractivity contribution in [2.45, 2.75) is 38.3 Å². The van der Waals surface area contributed by atoms with Gasteiger partial charge < -0.3 is 15.1 Å². The van der Waals surface area contributed by atoms with Gasteiger partial charge in [0.2, 0.25) is 0 Å². The van der Waals surface area contributed by atoms with Crippen LogP contribution in [0.25, 0.3) is 10.9 Å². The SMILES string of the molecule is CCN1CCN(C2CCN(c3cc(C(=O)NC4CC4)c4ccccc4n3)C2)CC1. The van der Waals surface area contributed by atoms with Gasteiger partial charge in [-0.25, -0.2) is 4.98 Å². The molecule has 1 aromatic heterocycles. The Hall–Kier alpha value is -2.18. The van der Waals surface area contributed by atoms with Crippen LogP contribution >= 0.6 is 0 Å². The van der Waals surface area contributed by atoms with Crippen molar-refractivity contribution in [3.8, 4) is 0 Å². The number of rotatable bonds is 5. The smallest absolute Gasteiger partial charge is 0.252 e. The van der Waals surface area contributed by atoms with Crippen molar-refractivity contribution in [2.75, 3.05) is 50.7 Å². The molecule has 1 aliphatic carbocycles. The molecule has 3 heterocycles. The van der Waals surface area contributed by atoms with E-state index in [4.69, 9.17) is 4.98 Å². The molecule has 3 fully saturated rings. The third-order valence-corrected chi connectivity index (χ3v) is 6.72. The molecule has 1 unspecified atom stereocenters. The Balaban J connectivity index is 1.35. The zero-order valence-electron chi connectivity index (χ0n) is 17.3. The van der Waals surface area contributed by atoms with Crippen LogP contribution in [0.1, 0.15) is 36.5 Å². The van der Waals surface area contributed by atoms with Gasteiger partial charge in [-0.2, -0.15) is 0 Å². The zero-order valence-corrected chi connectivity index (χ0v) is 17.3. The fraction of sp³-hybridized carbons (Fsp3) is 0.565. The van der Waals surface area contributed by atoms with E-state index >= 15 is 0 Å². The monoisotopic (exact) mass is 393 g/mol. The van der Waals surface area contributed by atoms with Crippen LogP contribution < -0.4 is 10.2 Å². The molecule has 1 N–H and O–H groups in total. The highest BCUT2D eigenvalue weighted by molar-refractivity contribution is 6.07. The highest BCUT2D eigenvalue weighted by Crippen LogP contribution is 2.28. The van der Waals surface area contributed by atoms with Gasteiger partial charge in [0.15, 0.2) is 0 Å². The number of carbonyl (C=O) groups is 1. The van der Waals surface area contributed by atoms with E-state index in [1.807, 2.05) is 30.3 Å². The maximum absolute atomic E-state index is 12.9. The van der Waals surface area contributed by atoms with Gasteiger partial charge in [-0.05, 0) is 37.9 Å². The van der Waals surface area contributed by atoms with Crippen LogP contribution in [-0.4, -0.2) is 78.6 Å². The lowest BCUT2D eigenvalue weighted by Gasteiger charge is -2.37. The van der Waals surface area contributed by atoms with Crippen LogP contribution in [0.3, 0.4) is 0 Å². The molecule has 1 saturated carbocycles. The van der Waals surface area contributed by atoms with Crippen LogP contribution in [-0.2, 0) is 0 Å². The Labute approximate surface area is 172 Å². The van der Waals surface area contributed by atoms with Crippen LogP contribution in [0, 0.1) is 0 Å². The molecule has 2 saturated heterocycles. The highest BCUT2D eigenvalue weighted by atomic mass is 16.1. The lowest BCUT2D eigenvalue weighted by atomic mass is 10.1. The van der Waals surface area contributed by atoms with Crippen LogP contribution in [0.5, 0.6) is 0 Å². The maximum atomic E-state index is 12.9. The minimum Gasteiger partial charge on any atom is -0.355 e. The lowest BCUT2D eigenvalue weighted by Crippen LogP contribution is -2.50. The first-order chi connectivity index (χ1) is 14.2. The Morgan fingerprint density at radius 2 is 1.90 bits per heavy atom. The maximum Gasteiger partial charge on any atom is 0.252 e. The summed E-state index contributed by atoms with van der Waals surface area (Å²) >= 11 is 0. The van der Waals surface area contributed by atoms with Gasteiger partial charge in [0.1, 0.15) is 5.82 Å². The first kappa shape index (κ1) is 18.8. The first-order valence-corrected chi connectivity index (χ1v) is 11.1. The fourth-order valence-electron chi connectivity index (χ4n) is 4.69. The minimum atomic E-state index is 0.0405. The quantitative estimate of drug-likeness (QED) is 0.845. The highest BCUT2D eigenvalue weighted by Gasteiger charge is 2.31. The fourth-order valence-corrected chi connectivity index (χ4v) is 4.69. The van der Waals surface area contributed by atoms with Crippen LogP contribution in [0.4, 0.5) is 5.82 Å². The van der Waals surface area contributed by atoms with E-state index in [2.05, 4.69) is 26.9 Å². The number of pyridine rings is 1. The molecule has 5 rings (SSSR count). The molecule has 6 heteroatoms. The van der Waals surface area contributed by atoms with Gasteiger partial charge >= 0.3 is 0 Å². The topological polar surface area (TPSA) is 51.7 Å². The number of amides is 1. The second-order valence-corrected chi connectivity index (χ2v) is 8.65. The first-order valence-electron chi connectivity index (χ1n) is 11.1. The van der Waals surface area contributed by atoms with Crippen molar-refractivity contribution in [1.82, 2.24) is 20.1 Å². The second-order valence-electron chi connectivity index (χ2n) is 8.65. The number of benzene rings is 1. The number of likely N-dealkylation sites (N-methyl/N-ethyl adjacent to an activating group) is 1. The summed E-state index contributed by atoms with van der Waals surface area (Å²) in [6.07, 6.45) is 3.37. The summed E-state index contributed by atoms with van der Waals surface area (Å²) in [6.45, 7) is 10.1. The van der Waals surface area contributed by atoms with Crippen LogP contribution in [0.15, 0.2) is 30.3 Å². The normalized spacial score (nSPS) is 23.6. The van der Waals surface area contributed by atoms with Gasteiger partial charge in [-0.15, -0.1) is 0 Å². The molecule has 1 atom stereocenters. The minimum absolute atomic E-state index is 0.0405. The van der Waals surface area contributed by atoms with Crippen molar-refractivity contribution < 1.29 is 4.79 Å². The van der Waals surface area contributed by atoms with E-state index < -0.39 is 0 Å². The number of carbonyl (C=O) groups excluding carboxylic acids is 1. The zero-order chi connectivity index (χ0) is 19.8. The molecule has 2 aliphatic heterocycles. The van der Waals surface area contributed by atoms with E-state index in [-0.39, 0.29) is 5.91 Å². The molecular weight excluding hydrogens is 362 g/mol. The van der Waals surface area contributed by atoms with E-state index in [0.717, 1.165) is 67.8 Å². The van der Waals surface area contributed by atoms with Crippen molar-refractivity contribution in [3.05, 3.63) is 35.9 Å². The number of anilines is 1. The number of nitrogens with one attached hydrogen (secondary N) is 1. The van der Waals surface area contributed by atoms with E-state index in [9.17, 15) is 4.79 Å². The molecule has 0 bridgehead atoms. The van der Waals surface area contributed by atoms with Crippen molar-refractivity contribution >= 4 is 22.6 Å². The summed E-state index contributed by atoms with van der Waals surface area (Å²) in [7, 11) is 0. The number of piperazine rings is 1. The molecule has 6 nitrogen and oxygen atoms in total. The van der Waals surface area contributed by atoms with E-state index in [1.54, 1.807) is 0 Å². The molecule has 1 aromatic carbocycles. The third-order valence-electron chi connectivity index (χ3n) is 6.72. The Bertz CT molecular complexity index is 888. The number of aromatic nitrogens is 1. The summed E-state index contributed by atoms with van der Waals surface area (Å²) < 4.78 is 0.